The highest BCUT2D eigenvalue weighted by Gasteiger charge is 2.18. The molecule has 0 bridgehead atoms. The van der Waals surface area contributed by atoms with Crippen molar-refractivity contribution in [1.29, 1.82) is 0 Å². The van der Waals surface area contributed by atoms with Gasteiger partial charge in [-0.05, 0) is 48.5 Å². The number of nitrogens with one attached hydrogen (secondary N) is 1. The Morgan fingerprint density at radius 2 is 1.45 bits per heavy atom. The third kappa shape index (κ3) is 5.89. The first-order valence-corrected chi connectivity index (χ1v) is 11.1. The molecule has 1 N–H and O–H groups in total. The highest BCUT2D eigenvalue weighted by Crippen LogP contribution is 2.21. The molecule has 2 heterocycles. The summed E-state index contributed by atoms with van der Waals surface area (Å²) >= 11 is 0. The molecule has 7 heteroatoms. The van der Waals surface area contributed by atoms with Crippen molar-refractivity contribution in [2.45, 2.75) is 6.42 Å². The van der Waals surface area contributed by atoms with E-state index < -0.39 is 0 Å². The number of nitrogens with zero attached hydrogens (tertiary/aromatic N) is 3. The molecule has 166 valence electrons. The molecule has 0 aromatic heterocycles. The molecule has 0 aliphatic carbocycles. The van der Waals surface area contributed by atoms with Gasteiger partial charge in [0.1, 0.15) is 5.75 Å². The average Bonchev–Trinajstić information content (AvgIpc) is 2.84. The van der Waals surface area contributed by atoms with Gasteiger partial charge in [0, 0.05) is 69.3 Å². The van der Waals surface area contributed by atoms with E-state index in [1.807, 2.05) is 24.3 Å². The quantitative estimate of drug-likeness (QED) is 0.738. The van der Waals surface area contributed by atoms with E-state index in [1.165, 1.54) is 11.4 Å². The SMILES string of the molecule is COc1ccc(N2CCN(CCC(=O)Nc3ccc(N4CCOCC4)cc3)CC2)cc1. The summed E-state index contributed by atoms with van der Waals surface area (Å²) in [4.78, 5) is 19.5. The molecule has 0 saturated carbocycles. The molecule has 2 aromatic carbocycles. The standard InChI is InChI=1S/C24H32N4O3/c1-30-23-8-6-22(7-9-23)27-14-12-26(13-15-27)11-10-24(29)25-20-2-4-21(5-3-20)28-16-18-31-19-17-28/h2-9H,10-19H2,1H3,(H,25,29). The maximum atomic E-state index is 12.4. The maximum Gasteiger partial charge on any atom is 0.225 e. The number of piperazine rings is 1. The average molecular weight is 425 g/mol. The number of benzene rings is 2. The Morgan fingerprint density at radius 1 is 0.871 bits per heavy atom. The Labute approximate surface area is 184 Å². The molecule has 4 rings (SSSR count). The Morgan fingerprint density at radius 3 is 2.06 bits per heavy atom. The lowest BCUT2D eigenvalue weighted by Gasteiger charge is -2.36. The van der Waals surface area contributed by atoms with E-state index in [9.17, 15) is 4.79 Å². The summed E-state index contributed by atoms with van der Waals surface area (Å²) in [5, 5.41) is 3.03. The third-order valence-electron chi connectivity index (χ3n) is 5.99. The lowest BCUT2D eigenvalue weighted by atomic mass is 10.2. The normalized spacial score (nSPS) is 17.5. The van der Waals surface area contributed by atoms with Gasteiger partial charge in [-0.1, -0.05) is 0 Å². The van der Waals surface area contributed by atoms with E-state index in [1.54, 1.807) is 7.11 Å². The van der Waals surface area contributed by atoms with E-state index in [0.29, 0.717) is 6.42 Å². The van der Waals surface area contributed by atoms with Gasteiger partial charge in [0.05, 0.1) is 20.3 Å². The van der Waals surface area contributed by atoms with Crippen LogP contribution in [0.3, 0.4) is 0 Å². The summed E-state index contributed by atoms with van der Waals surface area (Å²) in [5.74, 6) is 0.945. The van der Waals surface area contributed by atoms with Crippen molar-refractivity contribution < 1.29 is 14.3 Å². The first-order chi connectivity index (χ1) is 15.2. The number of hydrogen-bond donors (Lipinski definition) is 1. The second kappa shape index (κ2) is 10.5. The zero-order valence-corrected chi connectivity index (χ0v) is 18.3. The number of carbonyl (C=O) groups excluding carboxylic acids is 1. The molecule has 2 saturated heterocycles. The second-order valence-electron chi connectivity index (χ2n) is 7.97. The highest BCUT2D eigenvalue weighted by atomic mass is 16.5. The summed E-state index contributed by atoms with van der Waals surface area (Å²) < 4.78 is 10.6. The molecule has 0 radical (unpaired) electrons. The molecular formula is C24H32N4O3. The van der Waals surface area contributed by atoms with Crippen LogP contribution in [-0.2, 0) is 9.53 Å². The predicted molar refractivity (Wildman–Crippen MR) is 124 cm³/mol. The van der Waals surface area contributed by atoms with Gasteiger partial charge in [-0.2, -0.15) is 0 Å². The van der Waals surface area contributed by atoms with Crippen molar-refractivity contribution in [3.05, 3.63) is 48.5 Å². The molecule has 2 aliphatic rings. The molecule has 0 atom stereocenters. The van der Waals surface area contributed by atoms with Gasteiger partial charge in [0.15, 0.2) is 0 Å². The molecule has 2 fully saturated rings. The first-order valence-electron chi connectivity index (χ1n) is 11.1. The number of carbonyl (C=O) groups is 1. The van der Waals surface area contributed by atoms with Crippen LogP contribution in [0.5, 0.6) is 5.75 Å². The fraction of sp³-hybridized carbons (Fsp3) is 0.458. The summed E-state index contributed by atoms with van der Waals surface area (Å²) in [6.45, 7) is 8.03. The lowest BCUT2D eigenvalue weighted by Crippen LogP contribution is -2.47. The topological polar surface area (TPSA) is 57.3 Å². The summed E-state index contributed by atoms with van der Waals surface area (Å²) in [6, 6.07) is 16.3. The summed E-state index contributed by atoms with van der Waals surface area (Å²) in [6.07, 6.45) is 0.508. The minimum Gasteiger partial charge on any atom is -0.497 e. The fourth-order valence-corrected chi connectivity index (χ4v) is 4.08. The van der Waals surface area contributed by atoms with Crippen LogP contribution < -0.4 is 19.9 Å². The molecule has 2 aliphatic heterocycles. The van der Waals surface area contributed by atoms with Gasteiger partial charge < -0.3 is 24.6 Å². The summed E-state index contributed by atoms with van der Waals surface area (Å²) in [5.41, 5.74) is 3.25. The Hall–Kier alpha value is -2.77. The van der Waals surface area contributed by atoms with Crippen LogP contribution in [0.4, 0.5) is 17.1 Å². The molecule has 31 heavy (non-hydrogen) atoms. The van der Waals surface area contributed by atoms with Gasteiger partial charge in [-0.3, -0.25) is 9.69 Å². The molecule has 7 nitrogen and oxygen atoms in total. The van der Waals surface area contributed by atoms with Crippen molar-refractivity contribution in [2.75, 3.05) is 81.3 Å². The number of morpholine rings is 1. The van der Waals surface area contributed by atoms with Gasteiger partial charge in [-0.15, -0.1) is 0 Å². The second-order valence-corrected chi connectivity index (χ2v) is 7.97. The number of rotatable bonds is 7. The third-order valence-corrected chi connectivity index (χ3v) is 5.99. The number of hydrogen-bond acceptors (Lipinski definition) is 6. The lowest BCUT2D eigenvalue weighted by molar-refractivity contribution is -0.116. The van der Waals surface area contributed by atoms with Crippen molar-refractivity contribution in [3.63, 3.8) is 0 Å². The van der Waals surface area contributed by atoms with E-state index in [-0.39, 0.29) is 5.91 Å². The van der Waals surface area contributed by atoms with E-state index in [4.69, 9.17) is 9.47 Å². The summed E-state index contributed by atoms with van der Waals surface area (Å²) in [7, 11) is 1.68. The van der Waals surface area contributed by atoms with Crippen LogP contribution in [0.1, 0.15) is 6.42 Å². The van der Waals surface area contributed by atoms with Gasteiger partial charge >= 0.3 is 0 Å². The monoisotopic (exact) mass is 424 g/mol. The Bertz CT molecular complexity index is 827. The smallest absolute Gasteiger partial charge is 0.225 e. The van der Waals surface area contributed by atoms with Crippen LogP contribution >= 0.6 is 0 Å². The van der Waals surface area contributed by atoms with Crippen molar-refractivity contribution in [2.24, 2.45) is 0 Å². The van der Waals surface area contributed by atoms with Crippen LogP contribution in [0.15, 0.2) is 48.5 Å². The van der Waals surface area contributed by atoms with Crippen molar-refractivity contribution >= 4 is 23.0 Å². The van der Waals surface area contributed by atoms with E-state index >= 15 is 0 Å². The minimum atomic E-state index is 0.0664. The molecule has 1 amide bonds. The minimum absolute atomic E-state index is 0.0664. The largest absolute Gasteiger partial charge is 0.497 e. The molecule has 0 unspecified atom stereocenters. The first kappa shape index (κ1) is 21.5. The van der Waals surface area contributed by atoms with Crippen LogP contribution in [0.2, 0.25) is 0 Å². The van der Waals surface area contributed by atoms with E-state index in [0.717, 1.165) is 70.5 Å². The maximum absolute atomic E-state index is 12.4. The van der Waals surface area contributed by atoms with Crippen molar-refractivity contribution in [3.8, 4) is 5.75 Å². The van der Waals surface area contributed by atoms with E-state index in [2.05, 4.69) is 44.3 Å². The van der Waals surface area contributed by atoms with Gasteiger partial charge in [0.25, 0.3) is 0 Å². The number of methoxy groups -OCH3 is 1. The number of ether oxygens (including phenoxy) is 2. The predicted octanol–water partition coefficient (Wildman–Crippen LogP) is 2.68. The highest BCUT2D eigenvalue weighted by molar-refractivity contribution is 5.91. The van der Waals surface area contributed by atoms with Crippen LogP contribution in [0, 0.1) is 0 Å². The fourth-order valence-electron chi connectivity index (χ4n) is 4.08. The Balaban J connectivity index is 1.18. The zero-order chi connectivity index (χ0) is 21.5. The van der Waals surface area contributed by atoms with Gasteiger partial charge in [0.2, 0.25) is 5.91 Å². The van der Waals surface area contributed by atoms with Crippen molar-refractivity contribution in [1.82, 2.24) is 4.90 Å². The number of anilines is 3. The van der Waals surface area contributed by atoms with Crippen LogP contribution in [-0.4, -0.2) is 76.9 Å². The molecular weight excluding hydrogens is 392 g/mol. The zero-order valence-electron chi connectivity index (χ0n) is 18.3. The van der Waals surface area contributed by atoms with Gasteiger partial charge in [-0.25, -0.2) is 0 Å². The molecule has 0 spiro atoms. The Kier molecular flexibility index (Phi) is 7.27. The van der Waals surface area contributed by atoms with Crippen LogP contribution in [0.25, 0.3) is 0 Å². The molecule has 2 aromatic rings. The number of amides is 1.